The molecule has 0 radical (unpaired) electrons. The molecule has 160 valence electrons. The minimum absolute atomic E-state index is 0.0251. The van der Waals surface area contributed by atoms with Crippen molar-refractivity contribution in [1.29, 1.82) is 0 Å². The van der Waals surface area contributed by atoms with Gasteiger partial charge in [0.25, 0.3) is 11.8 Å². The fraction of sp³-hybridized carbons (Fsp3) is 0.391. The lowest BCUT2D eigenvalue weighted by molar-refractivity contribution is -1.02. The van der Waals surface area contributed by atoms with Gasteiger partial charge in [-0.25, -0.2) is 0 Å². The Morgan fingerprint density at radius 1 is 1.03 bits per heavy atom. The van der Waals surface area contributed by atoms with Gasteiger partial charge in [0, 0.05) is 23.9 Å². The van der Waals surface area contributed by atoms with E-state index in [2.05, 4.69) is 29.7 Å². The number of nitrogens with one attached hydrogen (secondary N) is 4. The number of methoxy groups -OCH3 is 1. The summed E-state index contributed by atoms with van der Waals surface area (Å²) in [6.45, 7) is 7.42. The van der Waals surface area contributed by atoms with Crippen LogP contribution in [0.3, 0.4) is 0 Å². The van der Waals surface area contributed by atoms with E-state index in [-0.39, 0.29) is 11.8 Å². The first-order valence-corrected chi connectivity index (χ1v) is 10.4. The Morgan fingerprint density at radius 3 is 2.47 bits per heavy atom. The van der Waals surface area contributed by atoms with Crippen LogP contribution in [0.5, 0.6) is 5.75 Å². The van der Waals surface area contributed by atoms with Crippen molar-refractivity contribution in [3.63, 3.8) is 0 Å². The maximum Gasteiger partial charge on any atom is 0.279 e. The third-order valence-corrected chi connectivity index (χ3v) is 5.59. The Labute approximate surface area is 178 Å². The molecule has 0 saturated carbocycles. The van der Waals surface area contributed by atoms with Crippen molar-refractivity contribution in [3.8, 4) is 5.75 Å². The molecule has 1 aliphatic rings. The summed E-state index contributed by atoms with van der Waals surface area (Å²) >= 11 is 0. The highest BCUT2D eigenvalue weighted by atomic mass is 16.5. The number of rotatable bonds is 7. The van der Waals surface area contributed by atoms with Crippen LogP contribution in [0, 0.1) is 6.92 Å². The molecule has 1 aliphatic heterocycles. The van der Waals surface area contributed by atoms with Crippen molar-refractivity contribution in [3.05, 3.63) is 59.2 Å². The normalized spacial score (nSPS) is 18.5. The maximum absolute atomic E-state index is 12.5. The van der Waals surface area contributed by atoms with Gasteiger partial charge in [-0.2, -0.15) is 0 Å². The summed E-state index contributed by atoms with van der Waals surface area (Å²) in [5, 5.41) is 5.51. The molecular formula is C23H32N4O3+2. The monoisotopic (exact) mass is 412 g/mol. The van der Waals surface area contributed by atoms with E-state index in [1.807, 2.05) is 6.07 Å². The molecule has 1 heterocycles. The number of benzene rings is 2. The van der Waals surface area contributed by atoms with Gasteiger partial charge in [-0.15, -0.1) is 0 Å². The molecule has 7 heteroatoms. The number of carbonyl (C=O) groups excluding carboxylic acids is 2. The van der Waals surface area contributed by atoms with Gasteiger partial charge in [0.1, 0.15) is 38.5 Å². The summed E-state index contributed by atoms with van der Waals surface area (Å²) in [6, 6.07) is 13.3. The first-order valence-electron chi connectivity index (χ1n) is 10.4. The van der Waals surface area contributed by atoms with E-state index < -0.39 is 0 Å². The Morgan fingerprint density at radius 2 is 1.77 bits per heavy atom. The van der Waals surface area contributed by atoms with Gasteiger partial charge in [-0.05, 0) is 37.3 Å². The first-order chi connectivity index (χ1) is 14.5. The van der Waals surface area contributed by atoms with Crippen molar-refractivity contribution in [2.75, 3.05) is 52.2 Å². The second-order valence-corrected chi connectivity index (χ2v) is 7.88. The average molecular weight is 413 g/mol. The molecule has 7 nitrogen and oxygen atoms in total. The van der Waals surface area contributed by atoms with Crippen LogP contribution >= 0.6 is 0 Å². The fourth-order valence-corrected chi connectivity index (χ4v) is 3.94. The zero-order chi connectivity index (χ0) is 21.5. The third-order valence-electron chi connectivity index (χ3n) is 5.59. The fourth-order valence-electron chi connectivity index (χ4n) is 3.94. The first kappa shape index (κ1) is 21.8. The zero-order valence-electron chi connectivity index (χ0n) is 18.0. The number of hydrogen-bond donors (Lipinski definition) is 4. The van der Waals surface area contributed by atoms with Crippen LogP contribution in [0.2, 0.25) is 0 Å². The van der Waals surface area contributed by atoms with Crippen LogP contribution < -0.4 is 25.2 Å². The van der Waals surface area contributed by atoms with Crippen LogP contribution in [0.4, 0.5) is 5.69 Å². The number of hydrogen-bond acceptors (Lipinski definition) is 3. The standard InChI is InChI=1S/C23H30N4O3/c1-17-7-8-21(30-3)19(13-17)15-26-9-11-27(12-10-26)16-22(28)25-20-6-4-5-18(14-20)23(29)24-2/h4-8,13-14H,9-12,15-16H2,1-3H3,(H,24,29)(H,25,28)/p+2. The van der Waals surface area contributed by atoms with Crippen LogP contribution in [-0.4, -0.2) is 58.7 Å². The molecule has 1 saturated heterocycles. The third kappa shape index (κ3) is 5.81. The molecule has 0 spiro atoms. The lowest BCUT2D eigenvalue weighted by Gasteiger charge is -2.29. The van der Waals surface area contributed by atoms with Gasteiger partial charge >= 0.3 is 0 Å². The van der Waals surface area contributed by atoms with E-state index >= 15 is 0 Å². The molecule has 3 rings (SSSR count). The van der Waals surface area contributed by atoms with Crippen LogP contribution in [0.1, 0.15) is 21.5 Å². The summed E-state index contributed by atoms with van der Waals surface area (Å²) in [4.78, 5) is 27.0. The maximum atomic E-state index is 12.5. The lowest BCUT2D eigenvalue weighted by Crippen LogP contribution is -3.28. The lowest BCUT2D eigenvalue weighted by atomic mass is 10.1. The Kier molecular flexibility index (Phi) is 7.43. The molecule has 0 unspecified atom stereocenters. The molecule has 2 amide bonds. The van der Waals surface area contributed by atoms with Gasteiger partial charge < -0.3 is 25.2 Å². The number of piperazine rings is 1. The van der Waals surface area contributed by atoms with Crippen molar-refractivity contribution >= 4 is 17.5 Å². The summed E-state index contributed by atoms with van der Waals surface area (Å²) in [7, 11) is 3.31. The molecule has 2 aromatic carbocycles. The van der Waals surface area contributed by atoms with Gasteiger partial charge in [-0.3, -0.25) is 9.59 Å². The van der Waals surface area contributed by atoms with E-state index in [0.29, 0.717) is 17.8 Å². The molecular weight excluding hydrogens is 380 g/mol. The summed E-state index contributed by atoms with van der Waals surface area (Å²) in [6.07, 6.45) is 0. The number of quaternary nitrogens is 2. The topological polar surface area (TPSA) is 76.3 Å². The number of anilines is 1. The molecule has 0 bridgehead atoms. The highest BCUT2D eigenvalue weighted by Gasteiger charge is 2.25. The quantitative estimate of drug-likeness (QED) is 0.485. The Balaban J connectivity index is 1.48. The van der Waals surface area contributed by atoms with E-state index in [4.69, 9.17) is 4.74 Å². The number of carbonyl (C=O) groups is 2. The highest BCUT2D eigenvalue weighted by molar-refractivity contribution is 5.97. The number of aryl methyl sites for hydroxylation is 1. The zero-order valence-corrected chi connectivity index (χ0v) is 18.0. The van der Waals surface area contributed by atoms with Crippen molar-refractivity contribution in [1.82, 2.24) is 5.32 Å². The van der Waals surface area contributed by atoms with Crippen molar-refractivity contribution in [2.24, 2.45) is 0 Å². The van der Waals surface area contributed by atoms with Gasteiger partial charge in [0.05, 0.1) is 7.11 Å². The number of amides is 2. The summed E-state index contributed by atoms with van der Waals surface area (Å²) in [5.41, 5.74) is 3.67. The van der Waals surface area contributed by atoms with Crippen LogP contribution in [0.15, 0.2) is 42.5 Å². The van der Waals surface area contributed by atoms with Gasteiger partial charge in [0.15, 0.2) is 6.54 Å². The second kappa shape index (κ2) is 10.2. The summed E-state index contributed by atoms with van der Waals surface area (Å²) < 4.78 is 5.51. The van der Waals surface area contributed by atoms with Crippen LogP contribution in [0.25, 0.3) is 0 Å². The number of ether oxygens (including phenoxy) is 1. The Bertz CT molecular complexity index is 892. The van der Waals surface area contributed by atoms with E-state index in [9.17, 15) is 9.59 Å². The SMILES string of the molecule is CNC(=O)c1cccc(NC(=O)C[NH+]2CC[NH+](Cc3cc(C)ccc3OC)CC2)c1. The molecule has 0 aromatic heterocycles. The van der Waals surface area contributed by atoms with E-state index in [1.165, 1.54) is 20.9 Å². The predicted molar refractivity (Wildman–Crippen MR) is 116 cm³/mol. The molecule has 1 fully saturated rings. The molecule has 2 aromatic rings. The highest BCUT2D eigenvalue weighted by Crippen LogP contribution is 2.18. The van der Waals surface area contributed by atoms with Gasteiger partial charge in [0.2, 0.25) is 0 Å². The summed E-state index contributed by atoms with van der Waals surface area (Å²) in [5.74, 6) is 0.755. The Hall–Kier alpha value is -2.90. The smallest absolute Gasteiger partial charge is 0.279 e. The van der Waals surface area contributed by atoms with Gasteiger partial charge in [-0.1, -0.05) is 17.7 Å². The minimum atomic E-state index is -0.166. The largest absolute Gasteiger partial charge is 0.496 e. The molecule has 0 aliphatic carbocycles. The molecule has 0 atom stereocenters. The van der Waals surface area contributed by atoms with E-state index in [0.717, 1.165) is 38.5 Å². The van der Waals surface area contributed by atoms with Crippen molar-refractivity contribution in [2.45, 2.75) is 13.5 Å². The second-order valence-electron chi connectivity index (χ2n) is 7.88. The molecule has 30 heavy (non-hydrogen) atoms. The molecule has 4 N–H and O–H groups in total. The average Bonchev–Trinajstić information content (AvgIpc) is 2.75. The predicted octanol–water partition coefficient (Wildman–Crippen LogP) is -0.715. The van der Waals surface area contributed by atoms with Crippen molar-refractivity contribution < 1.29 is 24.1 Å². The van der Waals surface area contributed by atoms with E-state index in [1.54, 1.807) is 38.4 Å². The van der Waals surface area contributed by atoms with Crippen LogP contribution in [-0.2, 0) is 11.3 Å². The minimum Gasteiger partial charge on any atom is -0.496 e.